The molecule has 3 aromatic rings. The number of para-hydroxylation sites is 1. The number of carbonyl (C=O) groups excluding carboxylic acids is 3. The largest absolute Gasteiger partial charge is 0.463 e. The molecule has 2 amide bonds. The third kappa shape index (κ3) is 6.14. The molecule has 1 atom stereocenters. The lowest BCUT2D eigenvalue weighted by Gasteiger charge is -2.34. The summed E-state index contributed by atoms with van der Waals surface area (Å²) >= 11 is 0. The average Bonchev–Trinajstić information content (AvgIpc) is 3.39. The molecule has 1 unspecified atom stereocenters. The molecule has 0 bridgehead atoms. The average molecular weight is 517 g/mol. The number of furan rings is 1. The molecule has 2 aromatic carbocycles. The van der Waals surface area contributed by atoms with Crippen LogP contribution in [0.1, 0.15) is 61.4 Å². The highest BCUT2D eigenvalue weighted by atomic mass is 16.5. The van der Waals surface area contributed by atoms with Crippen molar-refractivity contribution in [1.29, 1.82) is 0 Å². The molecule has 0 saturated carbocycles. The number of hydrogen-bond acceptors (Lipinski definition) is 6. The first-order valence-electron chi connectivity index (χ1n) is 12.8. The number of carbonyl (C=O) groups is 3. The van der Waals surface area contributed by atoms with E-state index in [4.69, 9.17) is 13.9 Å². The smallest absolute Gasteiger partial charge is 0.336 e. The second-order valence-corrected chi connectivity index (χ2v) is 8.97. The molecule has 2 heterocycles. The van der Waals surface area contributed by atoms with E-state index in [9.17, 15) is 14.4 Å². The number of ether oxygens (including phenoxy) is 2. The minimum atomic E-state index is -0.496. The summed E-state index contributed by atoms with van der Waals surface area (Å²) in [5.41, 5.74) is 1.69. The summed E-state index contributed by atoms with van der Waals surface area (Å²) in [6, 6.07) is 20.1. The monoisotopic (exact) mass is 516 g/mol. The molecule has 0 aliphatic carbocycles. The first-order chi connectivity index (χ1) is 18.4. The predicted octanol–water partition coefficient (Wildman–Crippen LogP) is 5.56. The quantitative estimate of drug-likeness (QED) is 0.354. The summed E-state index contributed by atoms with van der Waals surface area (Å²) in [6.07, 6.45) is 0.884. The zero-order chi connectivity index (χ0) is 27.1. The van der Waals surface area contributed by atoms with E-state index in [1.165, 1.54) is 4.90 Å². The maximum absolute atomic E-state index is 13.4. The van der Waals surface area contributed by atoms with Crippen molar-refractivity contribution in [2.24, 2.45) is 0 Å². The molecule has 0 fully saturated rings. The first-order valence-corrected chi connectivity index (χ1v) is 12.8. The third-order valence-corrected chi connectivity index (χ3v) is 6.29. The summed E-state index contributed by atoms with van der Waals surface area (Å²) in [4.78, 5) is 40.2. The van der Waals surface area contributed by atoms with Gasteiger partial charge in [0.1, 0.15) is 17.3 Å². The Morgan fingerprint density at radius 1 is 1.03 bits per heavy atom. The first kappa shape index (κ1) is 26.7. The van der Waals surface area contributed by atoms with Crippen molar-refractivity contribution < 1.29 is 28.3 Å². The van der Waals surface area contributed by atoms with Crippen LogP contribution in [0.5, 0.6) is 11.5 Å². The van der Waals surface area contributed by atoms with Gasteiger partial charge in [-0.05, 0) is 62.2 Å². The van der Waals surface area contributed by atoms with Gasteiger partial charge >= 0.3 is 5.97 Å². The predicted molar refractivity (Wildman–Crippen MR) is 142 cm³/mol. The van der Waals surface area contributed by atoms with E-state index in [1.54, 1.807) is 26.0 Å². The number of esters is 1. The van der Waals surface area contributed by atoms with E-state index >= 15 is 0 Å². The van der Waals surface area contributed by atoms with Crippen molar-refractivity contribution in [1.82, 2.24) is 10.2 Å². The molecule has 4 rings (SSSR count). The van der Waals surface area contributed by atoms with Crippen LogP contribution in [0.2, 0.25) is 0 Å². The molecule has 8 nitrogen and oxygen atoms in total. The van der Waals surface area contributed by atoms with Gasteiger partial charge in [-0.15, -0.1) is 0 Å². The Morgan fingerprint density at radius 2 is 1.79 bits per heavy atom. The minimum absolute atomic E-state index is 0.0742. The SMILES string of the molecule is CCCNC(=O)c1ccc(CN2C(=O)CC(c3cccc(Oc4ccccc4)c3)C(C(=O)OCC)=C2C)o1. The molecule has 198 valence electrons. The fraction of sp³-hybridized carbons (Fsp3) is 0.300. The normalized spacial score (nSPS) is 15.4. The van der Waals surface area contributed by atoms with Gasteiger partial charge in [-0.25, -0.2) is 4.79 Å². The topological polar surface area (TPSA) is 98.1 Å². The van der Waals surface area contributed by atoms with Crippen LogP contribution in [0.3, 0.4) is 0 Å². The van der Waals surface area contributed by atoms with Crippen LogP contribution < -0.4 is 10.1 Å². The van der Waals surface area contributed by atoms with E-state index in [-0.39, 0.29) is 37.1 Å². The highest BCUT2D eigenvalue weighted by Gasteiger charge is 2.37. The Balaban J connectivity index is 1.62. The second kappa shape index (κ2) is 12.3. The maximum Gasteiger partial charge on any atom is 0.336 e. The summed E-state index contributed by atoms with van der Waals surface area (Å²) in [6.45, 7) is 6.30. The van der Waals surface area contributed by atoms with Gasteiger partial charge in [0, 0.05) is 24.6 Å². The van der Waals surface area contributed by atoms with E-state index in [2.05, 4.69) is 5.32 Å². The molecule has 38 heavy (non-hydrogen) atoms. The number of allylic oxidation sites excluding steroid dienone is 1. The zero-order valence-electron chi connectivity index (χ0n) is 21.9. The van der Waals surface area contributed by atoms with Crippen LogP contribution in [0, 0.1) is 0 Å². The molecule has 1 aromatic heterocycles. The Kier molecular flexibility index (Phi) is 8.63. The second-order valence-electron chi connectivity index (χ2n) is 8.97. The lowest BCUT2D eigenvalue weighted by atomic mass is 9.83. The minimum Gasteiger partial charge on any atom is -0.463 e. The van der Waals surface area contributed by atoms with E-state index in [0.717, 1.165) is 12.0 Å². The van der Waals surface area contributed by atoms with Crippen molar-refractivity contribution in [3.05, 3.63) is 95.1 Å². The number of amides is 2. The molecule has 1 aliphatic rings. The van der Waals surface area contributed by atoms with Crippen LogP contribution in [0.15, 0.2) is 82.4 Å². The van der Waals surface area contributed by atoms with Gasteiger partial charge in [0.15, 0.2) is 5.76 Å². The fourth-order valence-electron chi connectivity index (χ4n) is 4.45. The Bertz CT molecular complexity index is 1330. The van der Waals surface area contributed by atoms with Gasteiger partial charge in [-0.3, -0.25) is 9.59 Å². The van der Waals surface area contributed by atoms with Crippen molar-refractivity contribution >= 4 is 17.8 Å². The molecule has 1 aliphatic heterocycles. The number of nitrogens with one attached hydrogen (secondary N) is 1. The van der Waals surface area contributed by atoms with Gasteiger partial charge in [-0.1, -0.05) is 37.3 Å². The molecule has 0 saturated heterocycles. The Morgan fingerprint density at radius 3 is 2.53 bits per heavy atom. The van der Waals surface area contributed by atoms with Gasteiger partial charge in [0.25, 0.3) is 5.91 Å². The third-order valence-electron chi connectivity index (χ3n) is 6.29. The number of rotatable bonds is 10. The van der Waals surface area contributed by atoms with E-state index < -0.39 is 11.9 Å². The summed E-state index contributed by atoms with van der Waals surface area (Å²) < 4.78 is 17.1. The van der Waals surface area contributed by atoms with Gasteiger partial charge in [-0.2, -0.15) is 0 Å². The summed E-state index contributed by atoms with van der Waals surface area (Å²) in [5, 5.41) is 2.77. The Hall–Kier alpha value is -4.33. The van der Waals surface area contributed by atoms with Gasteiger partial charge in [0.05, 0.1) is 18.7 Å². The number of benzene rings is 2. The molecular formula is C30H32N2O6. The number of nitrogens with zero attached hydrogens (tertiary/aromatic N) is 1. The molecule has 0 spiro atoms. The van der Waals surface area contributed by atoms with Crippen LogP contribution in [-0.2, 0) is 20.9 Å². The van der Waals surface area contributed by atoms with Crippen LogP contribution in [-0.4, -0.2) is 35.8 Å². The van der Waals surface area contributed by atoms with E-state index in [1.807, 2.05) is 61.5 Å². The summed E-state index contributed by atoms with van der Waals surface area (Å²) in [7, 11) is 0. The summed E-state index contributed by atoms with van der Waals surface area (Å²) in [5.74, 6) is 0.481. The van der Waals surface area contributed by atoms with Gasteiger partial charge < -0.3 is 24.1 Å². The molecule has 1 N–H and O–H groups in total. The molecular weight excluding hydrogens is 484 g/mol. The lowest BCUT2D eigenvalue weighted by molar-refractivity contribution is -0.140. The highest BCUT2D eigenvalue weighted by Crippen LogP contribution is 2.39. The van der Waals surface area contributed by atoms with Crippen molar-refractivity contribution in [3.8, 4) is 11.5 Å². The van der Waals surface area contributed by atoms with Crippen LogP contribution in [0.25, 0.3) is 0 Å². The fourth-order valence-corrected chi connectivity index (χ4v) is 4.45. The van der Waals surface area contributed by atoms with Crippen LogP contribution in [0.4, 0.5) is 0 Å². The number of hydrogen-bond donors (Lipinski definition) is 1. The molecule has 8 heteroatoms. The van der Waals surface area contributed by atoms with Crippen molar-refractivity contribution in [3.63, 3.8) is 0 Å². The standard InChI is InChI=1S/C30H32N2O6/c1-4-16-31-29(34)26-15-14-24(38-26)19-32-20(3)28(30(35)36-5-2)25(18-27(32)33)21-10-9-13-23(17-21)37-22-11-7-6-8-12-22/h6-15,17,25H,4-5,16,18-19H2,1-3H3,(H,31,34). The molecule has 0 radical (unpaired) electrons. The Labute approximate surface area is 222 Å². The highest BCUT2D eigenvalue weighted by molar-refractivity contribution is 5.96. The lowest BCUT2D eigenvalue weighted by Crippen LogP contribution is -2.38. The maximum atomic E-state index is 13.4. The van der Waals surface area contributed by atoms with E-state index in [0.29, 0.717) is 35.1 Å². The van der Waals surface area contributed by atoms with Crippen molar-refractivity contribution in [2.75, 3.05) is 13.2 Å². The van der Waals surface area contributed by atoms with Crippen LogP contribution >= 0.6 is 0 Å². The van der Waals surface area contributed by atoms with Crippen molar-refractivity contribution in [2.45, 2.75) is 46.1 Å². The zero-order valence-corrected chi connectivity index (χ0v) is 21.9. The van der Waals surface area contributed by atoms with Gasteiger partial charge in [0.2, 0.25) is 5.91 Å².